The second-order valence-electron chi connectivity index (χ2n) is 6.47. The van der Waals surface area contributed by atoms with Crippen molar-refractivity contribution in [3.05, 3.63) is 35.9 Å². The van der Waals surface area contributed by atoms with Gasteiger partial charge in [-0.15, -0.1) is 0 Å². The molecule has 3 heteroatoms. The highest BCUT2D eigenvalue weighted by Crippen LogP contribution is 2.42. The minimum absolute atomic E-state index is 0.209. The summed E-state index contributed by atoms with van der Waals surface area (Å²) in [5.41, 5.74) is 0.560. The summed E-state index contributed by atoms with van der Waals surface area (Å²) in [4.78, 5) is 14.3. The zero-order valence-corrected chi connectivity index (χ0v) is 12.1. The van der Waals surface area contributed by atoms with Gasteiger partial charge in [0, 0.05) is 24.9 Å². The molecule has 1 aliphatic heterocycles. The third kappa shape index (κ3) is 2.47. The summed E-state index contributed by atoms with van der Waals surface area (Å²) in [6.45, 7) is 2.62. The Hall–Kier alpha value is -1.35. The molecular formula is C17H23NO2. The average molecular weight is 273 g/mol. The summed E-state index contributed by atoms with van der Waals surface area (Å²) in [6.07, 6.45) is 4.31. The maximum absolute atomic E-state index is 12.3. The van der Waals surface area contributed by atoms with Crippen LogP contribution in [0.25, 0.3) is 0 Å². The summed E-state index contributed by atoms with van der Waals surface area (Å²) in [6, 6.07) is 10.4. The van der Waals surface area contributed by atoms with E-state index in [2.05, 4.69) is 12.1 Å². The Bertz CT molecular complexity index is 483. The van der Waals surface area contributed by atoms with Crippen LogP contribution >= 0.6 is 0 Å². The van der Waals surface area contributed by atoms with Gasteiger partial charge < -0.3 is 10.0 Å². The van der Waals surface area contributed by atoms with Crippen LogP contribution in [0.5, 0.6) is 0 Å². The standard InChI is InChI=1S/C17H23NO2/c1-17(20)11-5-8-15-14(17)9-10-16(19)18(15)12-13-6-3-2-4-7-13/h2-4,6-7,14-15,20H,5,8-12H2,1H3/t14-,15-,17+/m1/s1. The Morgan fingerprint density at radius 1 is 1.30 bits per heavy atom. The molecule has 1 saturated heterocycles. The molecule has 3 rings (SSSR count). The molecule has 1 aliphatic carbocycles. The van der Waals surface area contributed by atoms with Gasteiger partial charge in [-0.05, 0) is 38.2 Å². The minimum Gasteiger partial charge on any atom is -0.390 e. The van der Waals surface area contributed by atoms with E-state index in [1.54, 1.807) is 0 Å². The van der Waals surface area contributed by atoms with Gasteiger partial charge in [0.25, 0.3) is 0 Å². The number of carbonyl (C=O) groups excluding carboxylic acids is 1. The van der Waals surface area contributed by atoms with E-state index in [9.17, 15) is 9.90 Å². The minimum atomic E-state index is -0.613. The fourth-order valence-electron chi connectivity index (χ4n) is 3.94. The molecule has 1 heterocycles. The van der Waals surface area contributed by atoms with Crippen molar-refractivity contribution in [2.24, 2.45) is 5.92 Å². The number of rotatable bonds is 2. The molecule has 2 aliphatic rings. The van der Waals surface area contributed by atoms with Crippen molar-refractivity contribution in [1.82, 2.24) is 4.90 Å². The lowest BCUT2D eigenvalue weighted by atomic mass is 9.69. The second-order valence-corrected chi connectivity index (χ2v) is 6.47. The zero-order valence-electron chi connectivity index (χ0n) is 12.1. The van der Waals surface area contributed by atoms with Crippen molar-refractivity contribution in [3.63, 3.8) is 0 Å². The van der Waals surface area contributed by atoms with Crippen LogP contribution in [0.3, 0.4) is 0 Å². The second kappa shape index (κ2) is 5.21. The highest BCUT2D eigenvalue weighted by molar-refractivity contribution is 5.77. The van der Waals surface area contributed by atoms with Crippen LogP contribution in [0.2, 0.25) is 0 Å². The first-order chi connectivity index (χ1) is 9.58. The summed E-state index contributed by atoms with van der Waals surface area (Å²) < 4.78 is 0. The molecule has 1 aromatic rings. The predicted octanol–water partition coefficient (Wildman–Crippen LogP) is 2.73. The van der Waals surface area contributed by atoms with Crippen molar-refractivity contribution in [3.8, 4) is 0 Å². The van der Waals surface area contributed by atoms with Gasteiger partial charge in [-0.2, -0.15) is 0 Å². The third-order valence-corrected chi connectivity index (χ3v) is 5.03. The van der Waals surface area contributed by atoms with E-state index >= 15 is 0 Å². The van der Waals surface area contributed by atoms with Crippen LogP contribution in [0.1, 0.15) is 44.6 Å². The van der Waals surface area contributed by atoms with E-state index in [0.717, 1.165) is 25.7 Å². The van der Waals surface area contributed by atoms with Crippen molar-refractivity contribution in [2.75, 3.05) is 0 Å². The molecule has 1 amide bonds. The van der Waals surface area contributed by atoms with Crippen molar-refractivity contribution in [2.45, 2.75) is 57.2 Å². The fraction of sp³-hybridized carbons (Fsp3) is 0.588. The third-order valence-electron chi connectivity index (χ3n) is 5.03. The molecule has 1 saturated carbocycles. The first-order valence-electron chi connectivity index (χ1n) is 7.64. The lowest BCUT2D eigenvalue weighted by molar-refractivity contribution is -0.151. The van der Waals surface area contributed by atoms with E-state index in [-0.39, 0.29) is 17.9 Å². The molecule has 3 nitrogen and oxygen atoms in total. The summed E-state index contributed by atoms with van der Waals surface area (Å²) in [5.74, 6) is 0.477. The van der Waals surface area contributed by atoms with Crippen LogP contribution in [-0.4, -0.2) is 27.6 Å². The number of nitrogens with zero attached hydrogens (tertiary/aromatic N) is 1. The summed E-state index contributed by atoms with van der Waals surface area (Å²) in [5, 5.41) is 10.6. The molecule has 0 aromatic heterocycles. The highest BCUT2D eigenvalue weighted by atomic mass is 16.3. The van der Waals surface area contributed by atoms with E-state index in [1.807, 2.05) is 30.0 Å². The van der Waals surface area contributed by atoms with Gasteiger partial charge in [-0.25, -0.2) is 0 Å². The van der Waals surface area contributed by atoms with Crippen LogP contribution in [0.4, 0.5) is 0 Å². The number of hydrogen-bond donors (Lipinski definition) is 1. The number of fused-ring (bicyclic) bond motifs is 1. The van der Waals surface area contributed by atoms with Crippen molar-refractivity contribution >= 4 is 5.91 Å². The number of hydrogen-bond acceptors (Lipinski definition) is 2. The Morgan fingerprint density at radius 2 is 2.05 bits per heavy atom. The van der Waals surface area contributed by atoms with Crippen molar-refractivity contribution in [1.29, 1.82) is 0 Å². The summed E-state index contributed by atoms with van der Waals surface area (Å²) >= 11 is 0. The Labute approximate surface area is 120 Å². The SMILES string of the molecule is C[C@]1(O)CCC[C@@H]2[C@H]1CCC(=O)N2Cc1ccccc1. The molecule has 0 unspecified atom stereocenters. The number of benzene rings is 1. The molecule has 1 N–H and O–H groups in total. The predicted molar refractivity (Wildman–Crippen MR) is 78.0 cm³/mol. The molecule has 2 fully saturated rings. The Kier molecular flexibility index (Phi) is 3.55. The molecule has 1 aromatic carbocycles. The van der Waals surface area contributed by atoms with Crippen molar-refractivity contribution < 1.29 is 9.90 Å². The quantitative estimate of drug-likeness (QED) is 0.900. The van der Waals surface area contributed by atoms with Gasteiger partial charge in [0.15, 0.2) is 0 Å². The molecular weight excluding hydrogens is 250 g/mol. The lowest BCUT2D eigenvalue weighted by Crippen LogP contribution is -2.57. The summed E-state index contributed by atoms with van der Waals surface area (Å²) in [7, 11) is 0. The number of likely N-dealkylation sites (tertiary alicyclic amines) is 1. The number of piperidine rings is 1. The van der Waals surface area contributed by atoms with Crippen LogP contribution < -0.4 is 0 Å². The van der Waals surface area contributed by atoms with Gasteiger partial charge in [-0.1, -0.05) is 30.3 Å². The van der Waals surface area contributed by atoms with Crippen LogP contribution in [-0.2, 0) is 11.3 Å². The largest absolute Gasteiger partial charge is 0.390 e. The van der Waals surface area contributed by atoms with Gasteiger partial charge >= 0.3 is 0 Å². The topological polar surface area (TPSA) is 40.5 Å². The lowest BCUT2D eigenvalue weighted by Gasteiger charge is -2.50. The molecule has 3 atom stereocenters. The van der Waals surface area contributed by atoms with Gasteiger partial charge in [0.2, 0.25) is 5.91 Å². The van der Waals surface area contributed by atoms with Crippen LogP contribution in [0, 0.1) is 5.92 Å². The molecule has 108 valence electrons. The smallest absolute Gasteiger partial charge is 0.223 e. The maximum Gasteiger partial charge on any atom is 0.223 e. The van der Waals surface area contributed by atoms with E-state index in [0.29, 0.717) is 13.0 Å². The van der Waals surface area contributed by atoms with Gasteiger partial charge in [0.05, 0.1) is 5.60 Å². The molecule has 0 spiro atoms. The van der Waals surface area contributed by atoms with E-state index in [4.69, 9.17) is 0 Å². The normalized spacial score (nSPS) is 33.9. The van der Waals surface area contributed by atoms with E-state index < -0.39 is 5.60 Å². The van der Waals surface area contributed by atoms with Gasteiger partial charge in [0.1, 0.15) is 0 Å². The number of carbonyl (C=O) groups is 1. The monoisotopic (exact) mass is 273 g/mol. The molecule has 20 heavy (non-hydrogen) atoms. The van der Waals surface area contributed by atoms with E-state index in [1.165, 1.54) is 5.56 Å². The Balaban J connectivity index is 1.82. The first-order valence-corrected chi connectivity index (χ1v) is 7.64. The molecule has 0 bridgehead atoms. The fourth-order valence-corrected chi connectivity index (χ4v) is 3.94. The molecule has 0 radical (unpaired) electrons. The maximum atomic E-state index is 12.3. The Morgan fingerprint density at radius 3 is 2.80 bits per heavy atom. The number of amides is 1. The van der Waals surface area contributed by atoms with Crippen LogP contribution in [0.15, 0.2) is 30.3 Å². The zero-order chi connectivity index (χ0) is 14.2. The first kappa shape index (κ1) is 13.6. The highest BCUT2D eigenvalue weighted by Gasteiger charge is 2.46. The number of aliphatic hydroxyl groups is 1. The van der Waals surface area contributed by atoms with Gasteiger partial charge in [-0.3, -0.25) is 4.79 Å². The average Bonchev–Trinajstić information content (AvgIpc) is 2.43.